The van der Waals surface area contributed by atoms with E-state index in [0.717, 1.165) is 27.1 Å². The van der Waals surface area contributed by atoms with Crippen LogP contribution in [0.5, 0.6) is 0 Å². The molecule has 1 aromatic carbocycles. The van der Waals surface area contributed by atoms with Crippen molar-refractivity contribution < 1.29 is 4.79 Å². The minimum atomic E-state index is -0.0127. The van der Waals surface area contributed by atoms with Crippen LogP contribution in [0, 0.1) is 0 Å². The molecule has 0 aliphatic rings. The molecular formula is C15H14N2OS2. The van der Waals surface area contributed by atoms with Gasteiger partial charge in [-0.3, -0.25) is 4.79 Å². The van der Waals surface area contributed by atoms with Gasteiger partial charge in [-0.2, -0.15) is 0 Å². The Balaban J connectivity index is 1.66. The molecule has 2 heterocycles. The SMILES string of the molecule is Nc1ccc2sc(C(=O)NCCc3cccs3)cc2c1. The predicted octanol–water partition coefficient (Wildman–Crippen LogP) is 3.52. The molecule has 0 radical (unpaired) electrons. The summed E-state index contributed by atoms with van der Waals surface area (Å²) >= 11 is 3.21. The van der Waals surface area contributed by atoms with Crippen molar-refractivity contribution in [1.29, 1.82) is 0 Å². The van der Waals surface area contributed by atoms with Crippen LogP contribution >= 0.6 is 22.7 Å². The van der Waals surface area contributed by atoms with Crippen LogP contribution in [0.4, 0.5) is 5.69 Å². The number of nitrogen functional groups attached to an aromatic ring is 1. The lowest BCUT2D eigenvalue weighted by atomic mass is 10.2. The van der Waals surface area contributed by atoms with Gasteiger partial charge < -0.3 is 11.1 Å². The molecule has 0 spiro atoms. The molecule has 0 fully saturated rings. The van der Waals surface area contributed by atoms with Crippen molar-refractivity contribution in [1.82, 2.24) is 5.32 Å². The summed E-state index contributed by atoms with van der Waals surface area (Å²) in [6.45, 7) is 0.662. The molecule has 0 unspecified atom stereocenters. The van der Waals surface area contributed by atoms with Crippen LogP contribution in [0.25, 0.3) is 10.1 Å². The van der Waals surface area contributed by atoms with Gasteiger partial charge in [-0.05, 0) is 47.5 Å². The van der Waals surface area contributed by atoms with Crippen LogP contribution in [0.1, 0.15) is 14.5 Å². The van der Waals surface area contributed by atoms with E-state index in [0.29, 0.717) is 6.54 Å². The summed E-state index contributed by atoms with van der Waals surface area (Å²) in [6, 6.07) is 11.7. The Morgan fingerprint density at radius 3 is 2.95 bits per heavy atom. The first-order valence-electron chi connectivity index (χ1n) is 6.32. The fraction of sp³-hybridized carbons (Fsp3) is 0.133. The third kappa shape index (κ3) is 2.84. The first kappa shape index (κ1) is 13.1. The van der Waals surface area contributed by atoms with Crippen molar-refractivity contribution in [3.8, 4) is 0 Å². The lowest BCUT2D eigenvalue weighted by molar-refractivity contribution is 0.0958. The van der Waals surface area contributed by atoms with Gasteiger partial charge in [-0.1, -0.05) is 6.07 Å². The molecule has 20 heavy (non-hydrogen) atoms. The molecule has 102 valence electrons. The van der Waals surface area contributed by atoms with Crippen LogP contribution in [0.2, 0.25) is 0 Å². The van der Waals surface area contributed by atoms with E-state index in [4.69, 9.17) is 5.73 Å². The standard InChI is InChI=1S/C15H14N2OS2/c16-11-3-4-13-10(8-11)9-14(20-13)15(18)17-6-5-12-2-1-7-19-12/h1-4,7-9H,5-6,16H2,(H,17,18). The average molecular weight is 302 g/mol. The number of nitrogens with two attached hydrogens (primary N) is 1. The van der Waals surface area contributed by atoms with E-state index in [1.807, 2.05) is 35.7 Å². The van der Waals surface area contributed by atoms with Crippen LogP contribution in [0.3, 0.4) is 0 Å². The maximum absolute atomic E-state index is 12.1. The van der Waals surface area contributed by atoms with Crippen LogP contribution < -0.4 is 11.1 Å². The van der Waals surface area contributed by atoms with Crippen LogP contribution in [-0.4, -0.2) is 12.5 Å². The molecule has 3 rings (SSSR count). The van der Waals surface area contributed by atoms with Crippen molar-refractivity contribution in [3.63, 3.8) is 0 Å². The number of thiophene rings is 2. The van der Waals surface area contributed by atoms with Crippen molar-refractivity contribution in [2.24, 2.45) is 0 Å². The number of carbonyl (C=O) groups excluding carboxylic acids is 1. The lowest BCUT2D eigenvalue weighted by Crippen LogP contribution is -2.24. The topological polar surface area (TPSA) is 55.1 Å². The zero-order chi connectivity index (χ0) is 13.9. The van der Waals surface area contributed by atoms with Gasteiger partial charge in [-0.25, -0.2) is 0 Å². The monoisotopic (exact) mass is 302 g/mol. The van der Waals surface area contributed by atoms with Crippen molar-refractivity contribution in [2.45, 2.75) is 6.42 Å². The van der Waals surface area contributed by atoms with Gasteiger partial charge in [0.2, 0.25) is 0 Å². The highest BCUT2D eigenvalue weighted by molar-refractivity contribution is 7.20. The maximum Gasteiger partial charge on any atom is 0.261 e. The third-order valence-electron chi connectivity index (χ3n) is 3.00. The second kappa shape index (κ2) is 5.64. The summed E-state index contributed by atoms with van der Waals surface area (Å²) in [6.07, 6.45) is 0.876. The summed E-state index contributed by atoms with van der Waals surface area (Å²) in [7, 11) is 0. The fourth-order valence-electron chi connectivity index (χ4n) is 2.01. The average Bonchev–Trinajstić information content (AvgIpc) is 3.06. The summed E-state index contributed by atoms with van der Waals surface area (Å²) in [4.78, 5) is 14.1. The van der Waals surface area contributed by atoms with Gasteiger partial charge in [-0.15, -0.1) is 22.7 Å². The van der Waals surface area contributed by atoms with E-state index in [9.17, 15) is 4.79 Å². The van der Waals surface area contributed by atoms with E-state index in [2.05, 4.69) is 11.4 Å². The molecule has 0 atom stereocenters. The van der Waals surface area contributed by atoms with Gasteiger partial charge >= 0.3 is 0 Å². The number of fused-ring (bicyclic) bond motifs is 1. The van der Waals surface area contributed by atoms with Crippen molar-refractivity contribution in [2.75, 3.05) is 12.3 Å². The maximum atomic E-state index is 12.1. The highest BCUT2D eigenvalue weighted by Gasteiger charge is 2.10. The molecule has 0 saturated carbocycles. The molecule has 1 amide bonds. The highest BCUT2D eigenvalue weighted by atomic mass is 32.1. The Kier molecular flexibility index (Phi) is 3.71. The lowest BCUT2D eigenvalue weighted by Gasteiger charge is -2.01. The molecule has 0 bridgehead atoms. The second-order valence-corrected chi connectivity index (χ2v) is 6.61. The summed E-state index contributed by atoms with van der Waals surface area (Å²) in [5, 5.41) is 6.04. The minimum Gasteiger partial charge on any atom is -0.399 e. The highest BCUT2D eigenvalue weighted by Crippen LogP contribution is 2.27. The van der Waals surface area contributed by atoms with Crippen molar-refractivity contribution in [3.05, 3.63) is 51.5 Å². The summed E-state index contributed by atoms with van der Waals surface area (Å²) < 4.78 is 1.09. The number of anilines is 1. The van der Waals surface area contributed by atoms with E-state index < -0.39 is 0 Å². The fourth-order valence-corrected chi connectivity index (χ4v) is 3.68. The van der Waals surface area contributed by atoms with Crippen LogP contribution in [-0.2, 0) is 6.42 Å². The zero-order valence-electron chi connectivity index (χ0n) is 10.8. The van der Waals surface area contributed by atoms with Crippen LogP contribution in [0.15, 0.2) is 41.8 Å². The molecule has 3 N–H and O–H groups in total. The van der Waals surface area contributed by atoms with Gasteiger partial charge in [0, 0.05) is 21.8 Å². The molecule has 0 saturated heterocycles. The molecule has 2 aromatic heterocycles. The predicted molar refractivity (Wildman–Crippen MR) is 86.6 cm³/mol. The smallest absolute Gasteiger partial charge is 0.261 e. The Bertz CT molecular complexity index is 732. The number of rotatable bonds is 4. The number of carbonyl (C=O) groups is 1. The third-order valence-corrected chi connectivity index (χ3v) is 5.05. The molecule has 0 aliphatic carbocycles. The number of hydrogen-bond acceptors (Lipinski definition) is 4. The number of benzene rings is 1. The normalized spacial score (nSPS) is 10.8. The minimum absolute atomic E-state index is 0.0127. The van der Waals surface area contributed by atoms with Gasteiger partial charge in [0.25, 0.3) is 5.91 Å². The summed E-state index contributed by atoms with van der Waals surface area (Å²) in [5.41, 5.74) is 6.47. The van der Waals surface area contributed by atoms with E-state index >= 15 is 0 Å². The number of nitrogens with one attached hydrogen (secondary N) is 1. The Morgan fingerprint density at radius 1 is 1.25 bits per heavy atom. The first-order valence-corrected chi connectivity index (χ1v) is 8.01. The number of hydrogen-bond donors (Lipinski definition) is 2. The second-order valence-electron chi connectivity index (χ2n) is 4.49. The molecular weight excluding hydrogens is 288 g/mol. The zero-order valence-corrected chi connectivity index (χ0v) is 12.4. The molecule has 0 aliphatic heterocycles. The van der Waals surface area contributed by atoms with Gasteiger partial charge in [0.05, 0.1) is 4.88 Å². The van der Waals surface area contributed by atoms with E-state index in [1.165, 1.54) is 16.2 Å². The Labute approximate surface area is 125 Å². The van der Waals surface area contributed by atoms with Crippen molar-refractivity contribution >= 4 is 44.4 Å². The Hall–Kier alpha value is -1.85. The molecule has 3 aromatic rings. The van der Waals surface area contributed by atoms with Gasteiger partial charge in [0.15, 0.2) is 0 Å². The first-order chi connectivity index (χ1) is 9.72. The van der Waals surface area contributed by atoms with Gasteiger partial charge in [0.1, 0.15) is 0 Å². The largest absolute Gasteiger partial charge is 0.399 e. The Morgan fingerprint density at radius 2 is 2.15 bits per heavy atom. The molecule has 5 heteroatoms. The number of amides is 1. The summed E-state index contributed by atoms with van der Waals surface area (Å²) in [5.74, 6) is -0.0127. The van der Waals surface area contributed by atoms with E-state index in [1.54, 1.807) is 11.3 Å². The molecule has 3 nitrogen and oxygen atoms in total. The quantitative estimate of drug-likeness (QED) is 0.725. The van der Waals surface area contributed by atoms with E-state index in [-0.39, 0.29) is 5.91 Å².